The third kappa shape index (κ3) is 4.97. The second kappa shape index (κ2) is 10.5. The topological polar surface area (TPSA) is 22.1 Å². The Morgan fingerprint density at radius 2 is 1.79 bits per heavy atom. The largest absolute Gasteiger partial charge is 0.490 e. The summed E-state index contributed by atoms with van der Waals surface area (Å²) in [5.41, 5.74) is 4.80. The molecule has 0 bridgehead atoms. The van der Waals surface area contributed by atoms with Crippen molar-refractivity contribution in [1.82, 2.24) is 4.98 Å². The SMILES string of the molecule is Cc1ccc2cc(OC3CC[C@@]4(C)C(=CC[C@H]5[C@@H]6CC[C@H]([C@H](C)CCCC(C)C)[C@@]6(C)CC[C@@H]54)C3)ccc2n1. The number of hydrogen-bond donors (Lipinski definition) is 0. The van der Waals surface area contributed by atoms with E-state index in [9.17, 15) is 0 Å². The van der Waals surface area contributed by atoms with Crippen LogP contribution in [0.4, 0.5) is 0 Å². The molecule has 0 amide bonds. The molecular weight excluding hydrogens is 474 g/mol. The Morgan fingerprint density at radius 3 is 2.62 bits per heavy atom. The van der Waals surface area contributed by atoms with Gasteiger partial charge in [0.05, 0.1) is 5.52 Å². The fourth-order valence-corrected chi connectivity index (χ4v) is 10.2. The number of benzene rings is 1. The molecule has 4 aliphatic rings. The molecule has 1 heterocycles. The lowest BCUT2D eigenvalue weighted by atomic mass is 9.47. The normalized spacial score (nSPS) is 36.7. The van der Waals surface area contributed by atoms with E-state index >= 15 is 0 Å². The Balaban J connectivity index is 1.13. The molecule has 1 aromatic heterocycles. The van der Waals surface area contributed by atoms with Crippen molar-refractivity contribution in [2.75, 3.05) is 0 Å². The molecule has 1 aromatic carbocycles. The summed E-state index contributed by atoms with van der Waals surface area (Å²) in [6.07, 6.45) is 18.0. The second-order valence-corrected chi connectivity index (χ2v) is 15.1. The van der Waals surface area contributed by atoms with Gasteiger partial charge in [-0.25, -0.2) is 0 Å². The zero-order valence-electron chi connectivity index (χ0n) is 25.6. The van der Waals surface area contributed by atoms with Crippen LogP contribution < -0.4 is 4.74 Å². The summed E-state index contributed by atoms with van der Waals surface area (Å²) < 4.78 is 6.63. The maximum absolute atomic E-state index is 6.63. The fraction of sp³-hybridized carbons (Fsp3) is 0.703. The van der Waals surface area contributed by atoms with E-state index in [0.29, 0.717) is 16.9 Å². The summed E-state index contributed by atoms with van der Waals surface area (Å²) >= 11 is 0. The number of aryl methyl sites for hydroxylation is 1. The van der Waals surface area contributed by atoms with Gasteiger partial charge in [-0.3, -0.25) is 4.98 Å². The van der Waals surface area contributed by atoms with E-state index in [1.54, 1.807) is 5.57 Å². The lowest BCUT2D eigenvalue weighted by Gasteiger charge is -2.58. The van der Waals surface area contributed by atoms with Gasteiger partial charge in [0.25, 0.3) is 0 Å². The molecular formula is C37H53NO. The first-order valence-corrected chi connectivity index (χ1v) is 16.4. The highest BCUT2D eigenvalue weighted by molar-refractivity contribution is 5.80. The van der Waals surface area contributed by atoms with Crippen molar-refractivity contribution in [1.29, 1.82) is 0 Å². The van der Waals surface area contributed by atoms with Crippen molar-refractivity contribution in [3.63, 3.8) is 0 Å². The molecule has 6 rings (SSSR count). The fourth-order valence-electron chi connectivity index (χ4n) is 10.2. The highest BCUT2D eigenvalue weighted by atomic mass is 16.5. The number of ether oxygens (including phenoxy) is 1. The standard InChI is InChI=1S/C37H53NO/c1-24(2)8-7-9-25(3)32-15-16-33-31-14-12-28-23-30(18-20-36(28,5)34(31)19-21-37(32,33)6)39-29-13-17-35-27(22-29)11-10-26(4)38-35/h10-13,17,22,24-25,30-34H,7-9,14-16,18-21,23H2,1-6H3/t25-,30?,31+,32-,33+,34+,36+,37-/m1/s1. The Kier molecular flexibility index (Phi) is 7.39. The summed E-state index contributed by atoms with van der Waals surface area (Å²) in [5, 5.41) is 1.17. The molecule has 0 spiro atoms. The lowest BCUT2D eigenvalue weighted by Crippen LogP contribution is -2.51. The number of aromatic nitrogens is 1. The molecule has 212 valence electrons. The van der Waals surface area contributed by atoms with Gasteiger partial charge in [-0.2, -0.15) is 0 Å². The van der Waals surface area contributed by atoms with Crippen LogP contribution in [0.5, 0.6) is 5.75 Å². The Hall–Kier alpha value is -1.83. The first-order valence-electron chi connectivity index (χ1n) is 16.4. The molecule has 0 saturated heterocycles. The zero-order valence-corrected chi connectivity index (χ0v) is 25.6. The smallest absolute Gasteiger partial charge is 0.120 e. The Bertz CT molecular complexity index is 1210. The van der Waals surface area contributed by atoms with Crippen molar-refractivity contribution in [2.45, 2.75) is 118 Å². The minimum atomic E-state index is 0.299. The number of allylic oxidation sites excluding steroid dienone is 1. The minimum Gasteiger partial charge on any atom is -0.490 e. The molecule has 8 atom stereocenters. The van der Waals surface area contributed by atoms with Crippen LogP contribution in [0.3, 0.4) is 0 Å². The van der Waals surface area contributed by atoms with Crippen LogP contribution in [0, 0.1) is 53.3 Å². The van der Waals surface area contributed by atoms with Crippen LogP contribution in [0.25, 0.3) is 10.9 Å². The molecule has 0 aliphatic heterocycles. The van der Waals surface area contributed by atoms with Gasteiger partial charge in [0, 0.05) is 17.5 Å². The quantitative estimate of drug-likeness (QED) is 0.334. The number of hydrogen-bond acceptors (Lipinski definition) is 2. The number of fused-ring (bicyclic) bond motifs is 6. The van der Waals surface area contributed by atoms with E-state index in [1.807, 2.05) is 0 Å². The highest BCUT2D eigenvalue weighted by Gasteiger charge is 2.59. The summed E-state index contributed by atoms with van der Waals surface area (Å²) in [5.74, 6) is 6.40. The van der Waals surface area contributed by atoms with E-state index in [1.165, 1.54) is 69.6 Å². The highest BCUT2D eigenvalue weighted by Crippen LogP contribution is 2.67. The Labute approximate surface area is 238 Å². The van der Waals surface area contributed by atoms with E-state index in [0.717, 1.165) is 58.9 Å². The van der Waals surface area contributed by atoms with Gasteiger partial charge in [-0.05, 0) is 122 Å². The van der Waals surface area contributed by atoms with Crippen LogP contribution in [0.1, 0.15) is 111 Å². The van der Waals surface area contributed by atoms with Crippen LogP contribution in [-0.2, 0) is 0 Å². The van der Waals surface area contributed by atoms with Gasteiger partial charge in [-0.1, -0.05) is 71.6 Å². The molecule has 3 fully saturated rings. The van der Waals surface area contributed by atoms with Gasteiger partial charge in [-0.15, -0.1) is 0 Å². The summed E-state index contributed by atoms with van der Waals surface area (Å²) in [6, 6.07) is 10.7. The third-order valence-electron chi connectivity index (χ3n) is 12.4. The molecule has 1 unspecified atom stereocenters. The van der Waals surface area contributed by atoms with E-state index < -0.39 is 0 Å². The maximum Gasteiger partial charge on any atom is 0.120 e. The van der Waals surface area contributed by atoms with Crippen LogP contribution in [-0.4, -0.2) is 11.1 Å². The van der Waals surface area contributed by atoms with Gasteiger partial charge in [0.15, 0.2) is 0 Å². The summed E-state index contributed by atoms with van der Waals surface area (Å²) in [7, 11) is 0. The maximum atomic E-state index is 6.63. The predicted molar refractivity (Wildman–Crippen MR) is 164 cm³/mol. The Morgan fingerprint density at radius 1 is 0.949 bits per heavy atom. The van der Waals surface area contributed by atoms with Crippen molar-refractivity contribution < 1.29 is 4.74 Å². The van der Waals surface area contributed by atoms with Crippen LogP contribution >= 0.6 is 0 Å². The molecule has 4 aliphatic carbocycles. The molecule has 2 nitrogen and oxygen atoms in total. The molecule has 0 N–H and O–H groups in total. The molecule has 39 heavy (non-hydrogen) atoms. The average molecular weight is 528 g/mol. The van der Waals surface area contributed by atoms with Gasteiger partial charge < -0.3 is 4.74 Å². The number of rotatable bonds is 7. The van der Waals surface area contributed by atoms with E-state index in [4.69, 9.17) is 4.74 Å². The van der Waals surface area contributed by atoms with E-state index in [-0.39, 0.29) is 0 Å². The van der Waals surface area contributed by atoms with Gasteiger partial charge >= 0.3 is 0 Å². The van der Waals surface area contributed by atoms with Crippen LogP contribution in [0.2, 0.25) is 0 Å². The third-order valence-corrected chi connectivity index (χ3v) is 12.4. The summed E-state index contributed by atoms with van der Waals surface area (Å²) in [6.45, 7) is 14.8. The first kappa shape index (κ1) is 27.3. The average Bonchev–Trinajstić information content (AvgIpc) is 3.26. The van der Waals surface area contributed by atoms with E-state index in [2.05, 4.69) is 82.9 Å². The monoisotopic (exact) mass is 527 g/mol. The molecule has 2 heteroatoms. The molecule has 3 saturated carbocycles. The van der Waals surface area contributed by atoms with Crippen LogP contribution in [0.15, 0.2) is 42.0 Å². The van der Waals surface area contributed by atoms with Crippen molar-refractivity contribution in [2.24, 2.45) is 46.3 Å². The second-order valence-electron chi connectivity index (χ2n) is 15.1. The number of nitrogens with zero attached hydrogens (tertiary/aromatic N) is 1. The molecule has 0 radical (unpaired) electrons. The molecule has 2 aromatic rings. The minimum absolute atomic E-state index is 0.299. The van der Waals surface area contributed by atoms with Crippen molar-refractivity contribution in [3.8, 4) is 5.75 Å². The lowest BCUT2D eigenvalue weighted by molar-refractivity contribution is -0.0559. The van der Waals surface area contributed by atoms with Crippen molar-refractivity contribution in [3.05, 3.63) is 47.7 Å². The predicted octanol–water partition coefficient (Wildman–Crippen LogP) is 10.3. The zero-order chi connectivity index (χ0) is 27.4. The number of pyridine rings is 1. The van der Waals surface area contributed by atoms with Crippen molar-refractivity contribution >= 4 is 10.9 Å². The van der Waals surface area contributed by atoms with Gasteiger partial charge in [0.2, 0.25) is 0 Å². The summed E-state index contributed by atoms with van der Waals surface area (Å²) in [4.78, 5) is 4.66. The van der Waals surface area contributed by atoms with Gasteiger partial charge in [0.1, 0.15) is 11.9 Å². The first-order chi connectivity index (χ1) is 18.7.